The van der Waals surface area contributed by atoms with Crippen molar-refractivity contribution in [2.75, 3.05) is 21.3 Å². The minimum atomic E-state index is -0.395. The Morgan fingerprint density at radius 1 is 0.811 bits per heavy atom. The number of ether oxygens (including phenoxy) is 3. The van der Waals surface area contributed by atoms with Crippen LogP contribution in [0.2, 0.25) is 0 Å². The zero-order chi connectivity index (χ0) is 25.8. The quantitative estimate of drug-likeness (QED) is 0.228. The topological polar surface area (TPSA) is 62.6 Å². The number of pyridine rings is 1. The number of hydrogen-bond acceptors (Lipinski definition) is 5. The maximum atomic E-state index is 11.9. The summed E-state index contributed by atoms with van der Waals surface area (Å²) in [4.78, 5) is 16.8. The molecule has 0 saturated carbocycles. The van der Waals surface area contributed by atoms with E-state index < -0.39 is 5.97 Å². The smallest absolute Gasteiger partial charge is 0.337 e. The van der Waals surface area contributed by atoms with E-state index in [2.05, 4.69) is 17.9 Å². The maximum absolute atomic E-state index is 11.9. The predicted octanol–water partition coefficient (Wildman–Crippen LogP) is 5.90. The molecule has 0 aliphatic rings. The van der Waals surface area contributed by atoms with Gasteiger partial charge in [0.05, 0.1) is 32.5 Å². The highest BCUT2D eigenvalue weighted by Gasteiger charge is 2.13. The van der Waals surface area contributed by atoms with Gasteiger partial charge in [0.25, 0.3) is 0 Å². The number of benzene rings is 3. The largest absolute Gasteiger partial charge is 0.493 e. The summed E-state index contributed by atoms with van der Waals surface area (Å²) in [5.74, 6) is 7.40. The molecule has 182 valence electrons. The predicted molar refractivity (Wildman–Crippen MR) is 143 cm³/mol. The minimum absolute atomic E-state index is 0.395. The third-order valence-corrected chi connectivity index (χ3v) is 6.02. The number of carbonyl (C=O) groups is 1. The molecule has 6 heteroatoms. The lowest BCUT2D eigenvalue weighted by Gasteiger charge is -2.10. The molecule has 6 nitrogen and oxygen atoms in total. The van der Waals surface area contributed by atoms with Crippen LogP contribution in [0.15, 0.2) is 91.3 Å². The standard InChI is InChI=1S/C31H24N2O4/c1-35-28-15-14-22(18-29(28)36-2)25-17-27-24(13-12-21-8-7-9-23(16-21)31(34)37-3)20-33(30(27)32-19-25)26-10-5-4-6-11-26/h4-11,14-20H,1-3H3. The van der Waals surface area contributed by atoms with Crippen molar-refractivity contribution in [3.05, 3.63) is 108 Å². The van der Waals surface area contributed by atoms with E-state index in [0.717, 1.165) is 33.4 Å². The summed E-state index contributed by atoms with van der Waals surface area (Å²) in [5, 5.41) is 0.910. The molecular formula is C31H24N2O4. The van der Waals surface area contributed by atoms with Crippen molar-refractivity contribution in [1.82, 2.24) is 9.55 Å². The fraction of sp³-hybridized carbons (Fsp3) is 0.0968. The van der Waals surface area contributed by atoms with Crippen molar-refractivity contribution in [3.63, 3.8) is 0 Å². The summed E-state index contributed by atoms with van der Waals surface area (Å²) in [5.41, 5.74) is 5.64. The monoisotopic (exact) mass is 488 g/mol. The van der Waals surface area contributed by atoms with Gasteiger partial charge in [-0.25, -0.2) is 9.78 Å². The van der Waals surface area contributed by atoms with Crippen LogP contribution in [0.25, 0.3) is 27.8 Å². The second-order valence-corrected chi connectivity index (χ2v) is 8.24. The lowest BCUT2D eigenvalue weighted by molar-refractivity contribution is 0.0600. The molecule has 0 amide bonds. The molecule has 37 heavy (non-hydrogen) atoms. The second-order valence-electron chi connectivity index (χ2n) is 8.24. The Bertz CT molecular complexity index is 1660. The zero-order valence-corrected chi connectivity index (χ0v) is 20.7. The second kappa shape index (κ2) is 10.3. The Labute approximate surface area is 215 Å². The van der Waals surface area contributed by atoms with Gasteiger partial charge in [0.1, 0.15) is 5.65 Å². The van der Waals surface area contributed by atoms with Crippen LogP contribution in [-0.2, 0) is 4.74 Å². The number of esters is 1. The molecule has 0 radical (unpaired) electrons. The van der Waals surface area contributed by atoms with Crippen molar-refractivity contribution < 1.29 is 19.0 Å². The van der Waals surface area contributed by atoms with E-state index >= 15 is 0 Å². The van der Waals surface area contributed by atoms with Crippen LogP contribution < -0.4 is 9.47 Å². The van der Waals surface area contributed by atoms with E-state index in [1.165, 1.54) is 7.11 Å². The summed E-state index contributed by atoms with van der Waals surface area (Å²) in [6.45, 7) is 0. The van der Waals surface area contributed by atoms with Gasteiger partial charge in [-0.05, 0) is 54.1 Å². The van der Waals surface area contributed by atoms with Crippen LogP contribution in [0.5, 0.6) is 11.5 Å². The Morgan fingerprint density at radius 3 is 2.38 bits per heavy atom. The van der Waals surface area contributed by atoms with Gasteiger partial charge in [0.15, 0.2) is 11.5 Å². The summed E-state index contributed by atoms with van der Waals surface area (Å²) in [7, 11) is 4.59. The van der Waals surface area contributed by atoms with Crippen molar-refractivity contribution in [3.8, 4) is 40.2 Å². The summed E-state index contributed by atoms with van der Waals surface area (Å²) in [6.07, 6.45) is 3.84. The summed E-state index contributed by atoms with van der Waals surface area (Å²) >= 11 is 0. The Hall–Kier alpha value is -5.02. The number of para-hydroxylation sites is 1. The number of methoxy groups -OCH3 is 3. The molecule has 0 fully saturated rings. The number of fused-ring (bicyclic) bond motifs is 1. The van der Waals surface area contributed by atoms with E-state index in [1.807, 2.05) is 71.6 Å². The van der Waals surface area contributed by atoms with E-state index in [-0.39, 0.29) is 0 Å². The third-order valence-electron chi connectivity index (χ3n) is 6.02. The lowest BCUT2D eigenvalue weighted by atomic mass is 10.0. The van der Waals surface area contributed by atoms with E-state index in [1.54, 1.807) is 32.4 Å². The number of hydrogen-bond donors (Lipinski definition) is 0. The fourth-order valence-electron chi connectivity index (χ4n) is 4.15. The minimum Gasteiger partial charge on any atom is -0.493 e. The molecule has 5 rings (SSSR count). The van der Waals surface area contributed by atoms with Gasteiger partial charge in [-0.15, -0.1) is 0 Å². The normalized spacial score (nSPS) is 10.5. The number of carbonyl (C=O) groups excluding carboxylic acids is 1. The average molecular weight is 489 g/mol. The van der Waals surface area contributed by atoms with Crippen LogP contribution in [0.4, 0.5) is 0 Å². The molecule has 0 saturated heterocycles. The van der Waals surface area contributed by atoms with Gasteiger partial charge in [0, 0.05) is 34.6 Å². The third kappa shape index (κ3) is 4.75. The molecule has 0 aliphatic carbocycles. The Kier molecular flexibility index (Phi) is 6.60. The number of aromatic nitrogens is 2. The van der Waals surface area contributed by atoms with Crippen molar-refractivity contribution >= 4 is 17.0 Å². The lowest BCUT2D eigenvalue weighted by Crippen LogP contribution is -2.00. The van der Waals surface area contributed by atoms with E-state index in [9.17, 15) is 4.79 Å². The van der Waals surface area contributed by atoms with Crippen LogP contribution in [0.3, 0.4) is 0 Å². The molecule has 0 aliphatic heterocycles. The van der Waals surface area contributed by atoms with Crippen LogP contribution in [0, 0.1) is 11.8 Å². The SMILES string of the molecule is COC(=O)c1cccc(C#Cc2cn(-c3ccccc3)c3ncc(-c4ccc(OC)c(OC)c4)cc23)c1. The Morgan fingerprint density at radius 2 is 1.62 bits per heavy atom. The van der Waals surface area contributed by atoms with Crippen molar-refractivity contribution in [2.24, 2.45) is 0 Å². The van der Waals surface area contributed by atoms with Gasteiger partial charge in [-0.1, -0.05) is 42.2 Å². The van der Waals surface area contributed by atoms with Gasteiger partial charge >= 0.3 is 5.97 Å². The molecule has 0 N–H and O–H groups in total. The first kappa shape index (κ1) is 23.7. The first-order valence-electron chi connectivity index (χ1n) is 11.6. The maximum Gasteiger partial charge on any atom is 0.337 e. The molecule has 0 atom stereocenters. The van der Waals surface area contributed by atoms with Crippen molar-refractivity contribution in [1.29, 1.82) is 0 Å². The van der Waals surface area contributed by atoms with Crippen LogP contribution >= 0.6 is 0 Å². The van der Waals surface area contributed by atoms with E-state index in [4.69, 9.17) is 19.2 Å². The summed E-state index contributed by atoms with van der Waals surface area (Å²) in [6, 6.07) is 25.0. The molecule has 2 aromatic heterocycles. The highest BCUT2D eigenvalue weighted by molar-refractivity contribution is 5.90. The molecule has 0 spiro atoms. The van der Waals surface area contributed by atoms with Crippen LogP contribution in [0.1, 0.15) is 21.5 Å². The molecule has 5 aromatic rings. The van der Waals surface area contributed by atoms with Gasteiger partial charge < -0.3 is 18.8 Å². The molecule has 0 unspecified atom stereocenters. The van der Waals surface area contributed by atoms with Crippen molar-refractivity contribution in [2.45, 2.75) is 0 Å². The number of nitrogens with zero attached hydrogens (tertiary/aromatic N) is 2. The molecule has 3 aromatic carbocycles. The molecule has 2 heterocycles. The Balaban J connectivity index is 1.65. The summed E-state index contributed by atoms with van der Waals surface area (Å²) < 4.78 is 17.7. The molecular weight excluding hydrogens is 464 g/mol. The van der Waals surface area contributed by atoms with Gasteiger partial charge in [-0.2, -0.15) is 0 Å². The van der Waals surface area contributed by atoms with Gasteiger partial charge in [0.2, 0.25) is 0 Å². The van der Waals surface area contributed by atoms with Crippen LogP contribution in [-0.4, -0.2) is 36.8 Å². The highest BCUT2D eigenvalue weighted by atomic mass is 16.5. The average Bonchev–Trinajstić information content (AvgIpc) is 3.33. The first-order chi connectivity index (χ1) is 18.1. The fourth-order valence-corrected chi connectivity index (χ4v) is 4.15. The van der Waals surface area contributed by atoms with Gasteiger partial charge in [-0.3, -0.25) is 0 Å². The highest BCUT2D eigenvalue weighted by Crippen LogP contribution is 2.34. The van der Waals surface area contributed by atoms with E-state index in [0.29, 0.717) is 22.6 Å². The first-order valence-corrected chi connectivity index (χ1v) is 11.6. The zero-order valence-electron chi connectivity index (χ0n) is 20.7. The molecule has 0 bridgehead atoms. The number of rotatable bonds is 5.